The fourth-order valence-electron chi connectivity index (χ4n) is 3.13. The summed E-state index contributed by atoms with van der Waals surface area (Å²) in [5, 5.41) is 12.3. The standard InChI is InChI=1S/C20H20FN3O/c21-18-6-7-19(17(11-18)12-22)23-13-16-10-20(25)24(14-16)9-8-15-4-2-1-3-5-15/h1-7,11,16,23H,8-10,13-14H2. The number of hydrogen-bond acceptors (Lipinski definition) is 3. The summed E-state index contributed by atoms with van der Waals surface area (Å²) in [5.41, 5.74) is 2.12. The lowest BCUT2D eigenvalue weighted by molar-refractivity contribution is -0.127. The second-order valence-corrected chi connectivity index (χ2v) is 6.33. The van der Waals surface area contributed by atoms with Crippen molar-refractivity contribution in [1.29, 1.82) is 5.26 Å². The van der Waals surface area contributed by atoms with E-state index in [1.165, 1.54) is 17.7 Å². The number of likely N-dealkylation sites (tertiary alicyclic amines) is 1. The number of halogens is 1. The van der Waals surface area contributed by atoms with Crippen LogP contribution in [0.3, 0.4) is 0 Å². The van der Waals surface area contributed by atoms with Crippen molar-refractivity contribution >= 4 is 11.6 Å². The number of hydrogen-bond donors (Lipinski definition) is 1. The number of nitriles is 1. The lowest BCUT2D eigenvalue weighted by Crippen LogP contribution is -2.28. The molecule has 5 heteroatoms. The molecule has 25 heavy (non-hydrogen) atoms. The van der Waals surface area contributed by atoms with Crippen LogP contribution in [0.5, 0.6) is 0 Å². The Morgan fingerprint density at radius 3 is 2.80 bits per heavy atom. The summed E-state index contributed by atoms with van der Waals surface area (Å²) in [6.07, 6.45) is 1.36. The van der Waals surface area contributed by atoms with Gasteiger partial charge in [0.2, 0.25) is 5.91 Å². The molecule has 128 valence electrons. The van der Waals surface area contributed by atoms with E-state index in [-0.39, 0.29) is 17.4 Å². The van der Waals surface area contributed by atoms with E-state index in [4.69, 9.17) is 5.26 Å². The van der Waals surface area contributed by atoms with E-state index in [0.29, 0.717) is 25.2 Å². The molecular formula is C20H20FN3O. The molecule has 1 aliphatic heterocycles. The van der Waals surface area contributed by atoms with Gasteiger partial charge in [-0.05, 0) is 30.2 Å². The van der Waals surface area contributed by atoms with Gasteiger partial charge in [0.25, 0.3) is 0 Å². The third-order valence-electron chi connectivity index (χ3n) is 4.49. The van der Waals surface area contributed by atoms with Crippen LogP contribution in [0, 0.1) is 23.1 Å². The summed E-state index contributed by atoms with van der Waals surface area (Å²) in [7, 11) is 0. The van der Waals surface area contributed by atoms with Crippen molar-refractivity contribution in [3.63, 3.8) is 0 Å². The quantitative estimate of drug-likeness (QED) is 0.881. The van der Waals surface area contributed by atoms with Gasteiger partial charge in [-0.15, -0.1) is 0 Å². The summed E-state index contributed by atoms with van der Waals surface area (Å²) in [5.74, 6) is -0.0626. The number of amides is 1. The minimum Gasteiger partial charge on any atom is -0.384 e. The predicted molar refractivity (Wildman–Crippen MR) is 94.4 cm³/mol. The molecule has 0 saturated carbocycles. The molecular weight excluding hydrogens is 317 g/mol. The van der Waals surface area contributed by atoms with Gasteiger partial charge in [0.15, 0.2) is 0 Å². The molecule has 1 atom stereocenters. The summed E-state index contributed by atoms with van der Waals surface area (Å²) >= 11 is 0. The van der Waals surface area contributed by atoms with Gasteiger partial charge in [0, 0.05) is 32.0 Å². The molecule has 0 radical (unpaired) electrons. The summed E-state index contributed by atoms with van der Waals surface area (Å²) in [6, 6.07) is 16.2. The zero-order valence-electron chi connectivity index (χ0n) is 13.9. The Morgan fingerprint density at radius 2 is 2.04 bits per heavy atom. The van der Waals surface area contributed by atoms with Crippen LogP contribution in [0.15, 0.2) is 48.5 Å². The fourth-order valence-corrected chi connectivity index (χ4v) is 3.13. The SMILES string of the molecule is N#Cc1cc(F)ccc1NCC1CC(=O)N(CCc2ccccc2)C1. The highest BCUT2D eigenvalue weighted by molar-refractivity contribution is 5.78. The van der Waals surface area contributed by atoms with Gasteiger partial charge in [-0.2, -0.15) is 5.26 Å². The molecule has 0 bridgehead atoms. The van der Waals surface area contributed by atoms with Gasteiger partial charge in [-0.25, -0.2) is 4.39 Å². The Labute approximate surface area is 146 Å². The monoisotopic (exact) mass is 337 g/mol. The molecule has 2 aromatic rings. The molecule has 1 fully saturated rings. The van der Waals surface area contributed by atoms with Crippen LogP contribution >= 0.6 is 0 Å². The largest absolute Gasteiger partial charge is 0.384 e. The Bertz CT molecular complexity index is 785. The van der Waals surface area contributed by atoms with E-state index in [9.17, 15) is 9.18 Å². The molecule has 0 aliphatic carbocycles. The highest BCUT2D eigenvalue weighted by Crippen LogP contribution is 2.21. The molecule has 1 N–H and O–H groups in total. The number of nitrogens with one attached hydrogen (secondary N) is 1. The second kappa shape index (κ2) is 7.80. The Kier molecular flexibility index (Phi) is 5.30. The van der Waals surface area contributed by atoms with Gasteiger partial charge >= 0.3 is 0 Å². The van der Waals surface area contributed by atoms with E-state index in [2.05, 4.69) is 17.4 Å². The smallest absolute Gasteiger partial charge is 0.223 e. The van der Waals surface area contributed by atoms with E-state index in [1.807, 2.05) is 29.2 Å². The second-order valence-electron chi connectivity index (χ2n) is 6.33. The average Bonchev–Trinajstić information content (AvgIpc) is 2.99. The molecule has 3 rings (SSSR count). The van der Waals surface area contributed by atoms with Gasteiger partial charge in [0.1, 0.15) is 11.9 Å². The van der Waals surface area contributed by atoms with Crippen molar-refractivity contribution in [3.05, 3.63) is 65.5 Å². The molecule has 1 saturated heterocycles. The van der Waals surface area contributed by atoms with Gasteiger partial charge in [-0.1, -0.05) is 30.3 Å². The van der Waals surface area contributed by atoms with Gasteiger partial charge in [-0.3, -0.25) is 4.79 Å². The van der Waals surface area contributed by atoms with Crippen LogP contribution < -0.4 is 5.32 Å². The van der Waals surface area contributed by atoms with Gasteiger partial charge < -0.3 is 10.2 Å². The summed E-state index contributed by atoms with van der Waals surface area (Å²) in [6.45, 7) is 2.02. The van der Waals surface area contributed by atoms with E-state index in [1.54, 1.807) is 6.07 Å². The Hall–Kier alpha value is -2.87. The lowest BCUT2D eigenvalue weighted by atomic mass is 10.1. The number of rotatable bonds is 6. The first-order valence-electron chi connectivity index (χ1n) is 8.41. The number of carbonyl (C=O) groups excluding carboxylic acids is 1. The molecule has 1 unspecified atom stereocenters. The van der Waals surface area contributed by atoms with Crippen molar-refractivity contribution in [3.8, 4) is 6.07 Å². The first-order valence-corrected chi connectivity index (χ1v) is 8.41. The van der Waals surface area contributed by atoms with Crippen molar-refractivity contribution in [2.24, 2.45) is 5.92 Å². The van der Waals surface area contributed by atoms with E-state index < -0.39 is 5.82 Å². The summed E-state index contributed by atoms with van der Waals surface area (Å²) in [4.78, 5) is 14.1. The zero-order valence-corrected chi connectivity index (χ0v) is 13.9. The molecule has 4 nitrogen and oxygen atoms in total. The van der Waals surface area contributed by atoms with Crippen LogP contribution in [-0.4, -0.2) is 30.4 Å². The molecule has 1 heterocycles. The first-order chi connectivity index (χ1) is 12.2. The lowest BCUT2D eigenvalue weighted by Gasteiger charge is -2.17. The predicted octanol–water partition coefficient (Wildman–Crippen LogP) is 3.20. The van der Waals surface area contributed by atoms with Crippen LogP contribution in [0.2, 0.25) is 0 Å². The average molecular weight is 337 g/mol. The normalized spacial score (nSPS) is 16.7. The number of benzene rings is 2. The number of nitrogens with zero attached hydrogens (tertiary/aromatic N) is 2. The maximum atomic E-state index is 13.2. The third kappa shape index (κ3) is 4.36. The minimum absolute atomic E-state index is 0.169. The zero-order chi connectivity index (χ0) is 17.6. The summed E-state index contributed by atoms with van der Waals surface area (Å²) < 4.78 is 13.2. The highest BCUT2D eigenvalue weighted by Gasteiger charge is 2.29. The Morgan fingerprint density at radius 1 is 1.24 bits per heavy atom. The van der Waals surface area contributed by atoms with E-state index in [0.717, 1.165) is 13.0 Å². The van der Waals surface area contributed by atoms with Crippen LogP contribution in [0.4, 0.5) is 10.1 Å². The number of carbonyl (C=O) groups is 1. The van der Waals surface area contributed by atoms with Crippen LogP contribution in [0.1, 0.15) is 17.5 Å². The third-order valence-corrected chi connectivity index (χ3v) is 4.49. The van der Waals surface area contributed by atoms with Crippen LogP contribution in [0.25, 0.3) is 0 Å². The maximum absolute atomic E-state index is 13.2. The molecule has 1 amide bonds. The molecule has 0 aromatic heterocycles. The van der Waals surface area contributed by atoms with Crippen molar-refractivity contribution in [2.75, 3.05) is 25.0 Å². The minimum atomic E-state index is -0.426. The van der Waals surface area contributed by atoms with Crippen molar-refractivity contribution in [2.45, 2.75) is 12.8 Å². The molecule has 0 spiro atoms. The fraction of sp³-hybridized carbons (Fsp3) is 0.300. The van der Waals surface area contributed by atoms with Crippen molar-refractivity contribution < 1.29 is 9.18 Å². The Balaban J connectivity index is 1.52. The topological polar surface area (TPSA) is 56.1 Å². The maximum Gasteiger partial charge on any atom is 0.223 e. The van der Waals surface area contributed by atoms with Gasteiger partial charge in [0.05, 0.1) is 11.3 Å². The van der Waals surface area contributed by atoms with E-state index >= 15 is 0 Å². The number of anilines is 1. The molecule has 1 aliphatic rings. The van der Waals surface area contributed by atoms with Crippen molar-refractivity contribution in [1.82, 2.24) is 4.90 Å². The molecule has 2 aromatic carbocycles. The first kappa shape index (κ1) is 17.0. The highest BCUT2D eigenvalue weighted by atomic mass is 19.1. The van der Waals surface area contributed by atoms with Crippen LogP contribution in [-0.2, 0) is 11.2 Å².